The fourth-order valence-electron chi connectivity index (χ4n) is 3.19. The molecule has 0 bridgehead atoms. The molecule has 8 heteroatoms. The molecule has 0 atom stereocenters. The summed E-state index contributed by atoms with van der Waals surface area (Å²) in [5.74, 6) is 2.59. The SMILES string of the molecule is Cc1ncc(Cc2cnc(NCCc3ccc(Oc4ccc(C)c(Cl)c4)cc3)[nH]c2=O)cn1. The first-order valence-electron chi connectivity index (χ1n) is 10.6. The molecule has 4 rings (SSSR count). The van der Waals surface area contributed by atoms with Gasteiger partial charge in [0.25, 0.3) is 5.56 Å². The molecule has 2 aromatic heterocycles. The summed E-state index contributed by atoms with van der Waals surface area (Å²) < 4.78 is 5.86. The van der Waals surface area contributed by atoms with Crippen molar-refractivity contribution in [3.8, 4) is 11.5 Å². The molecule has 2 aromatic carbocycles. The lowest BCUT2D eigenvalue weighted by atomic mass is 10.1. The highest BCUT2D eigenvalue weighted by atomic mass is 35.5. The zero-order chi connectivity index (χ0) is 23.2. The monoisotopic (exact) mass is 461 g/mol. The van der Waals surface area contributed by atoms with Crippen molar-refractivity contribution in [2.45, 2.75) is 26.7 Å². The number of nitrogens with one attached hydrogen (secondary N) is 2. The van der Waals surface area contributed by atoms with Crippen LogP contribution in [0.1, 0.15) is 28.1 Å². The molecule has 0 spiro atoms. The molecular formula is C25H24ClN5O2. The van der Waals surface area contributed by atoms with E-state index in [9.17, 15) is 4.79 Å². The number of anilines is 1. The van der Waals surface area contributed by atoms with Crippen LogP contribution < -0.4 is 15.6 Å². The second-order valence-electron chi connectivity index (χ2n) is 7.74. The van der Waals surface area contributed by atoms with Gasteiger partial charge in [0.2, 0.25) is 5.95 Å². The Labute approximate surface area is 196 Å². The molecule has 0 radical (unpaired) electrons. The van der Waals surface area contributed by atoms with Gasteiger partial charge in [-0.1, -0.05) is 29.8 Å². The van der Waals surface area contributed by atoms with Crippen LogP contribution in [0.2, 0.25) is 5.02 Å². The standard InChI is InChI=1S/C25H24ClN5O2/c1-16-3-6-22(12-23(16)26)33-21-7-4-18(5-8-21)9-10-27-25-30-15-20(24(32)31-25)11-19-13-28-17(2)29-14-19/h3-8,12-15H,9-11H2,1-2H3,(H2,27,30,31,32). The number of hydrogen-bond donors (Lipinski definition) is 2. The van der Waals surface area contributed by atoms with E-state index in [0.717, 1.165) is 28.9 Å². The molecule has 2 N–H and O–H groups in total. The predicted molar refractivity (Wildman–Crippen MR) is 129 cm³/mol. The molecule has 4 aromatic rings. The molecule has 0 saturated carbocycles. The van der Waals surface area contributed by atoms with E-state index in [1.54, 1.807) is 18.6 Å². The molecule has 0 aliphatic heterocycles. The Kier molecular flexibility index (Phi) is 7.00. The topological polar surface area (TPSA) is 92.8 Å². The predicted octanol–water partition coefficient (Wildman–Crippen LogP) is 4.87. The Morgan fingerprint density at radius 1 is 0.939 bits per heavy atom. The minimum Gasteiger partial charge on any atom is -0.457 e. The van der Waals surface area contributed by atoms with Gasteiger partial charge in [0, 0.05) is 42.1 Å². The van der Waals surface area contributed by atoms with E-state index in [1.807, 2.05) is 56.3 Å². The van der Waals surface area contributed by atoms with E-state index in [1.165, 1.54) is 0 Å². The summed E-state index contributed by atoms with van der Waals surface area (Å²) >= 11 is 6.15. The van der Waals surface area contributed by atoms with E-state index in [0.29, 0.717) is 41.1 Å². The summed E-state index contributed by atoms with van der Waals surface area (Å²) in [7, 11) is 0. The van der Waals surface area contributed by atoms with Crippen molar-refractivity contribution in [2.75, 3.05) is 11.9 Å². The molecule has 0 aliphatic carbocycles. The van der Waals surface area contributed by atoms with Crippen LogP contribution in [0.3, 0.4) is 0 Å². The smallest absolute Gasteiger partial charge is 0.255 e. The van der Waals surface area contributed by atoms with Crippen LogP contribution >= 0.6 is 11.6 Å². The Hall–Kier alpha value is -3.71. The summed E-state index contributed by atoms with van der Waals surface area (Å²) in [5, 5.41) is 3.84. The normalized spacial score (nSPS) is 10.8. The van der Waals surface area contributed by atoms with Gasteiger partial charge < -0.3 is 10.1 Å². The number of aromatic amines is 1. The van der Waals surface area contributed by atoms with E-state index >= 15 is 0 Å². The van der Waals surface area contributed by atoms with Gasteiger partial charge in [-0.3, -0.25) is 9.78 Å². The minimum atomic E-state index is -0.175. The largest absolute Gasteiger partial charge is 0.457 e. The summed E-state index contributed by atoms with van der Waals surface area (Å²) in [6, 6.07) is 13.5. The summed E-state index contributed by atoms with van der Waals surface area (Å²) in [4.78, 5) is 27.8. The first-order chi connectivity index (χ1) is 16.0. The highest BCUT2D eigenvalue weighted by Gasteiger charge is 2.06. The molecule has 0 aliphatic rings. The Bertz CT molecular complexity index is 1290. The number of aryl methyl sites for hydroxylation is 2. The van der Waals surface area contributed by atoms with Crippen LogP contribution in [0.4, 0.5) is 5.95 Å². The molecule has 168 valence electrons. The van der Waals surface area contributed by atoms with Crippen molar-refractivity contribution < 1.29 is 4.74 Å². The molecule has 2 heterocycles. The number of H-pyrrole nitrogens is 1. The first kappa shape index (κ1) is 22.5. The van der Waals surface area contributed by atoms with E-state index in [4.69, 9.17) is 16.3 Å². The average molecular weight is 462 g/mol. The third-order valence-corrected chi connectivity index (χ3v) is 5.52. The fraction of sp³-hybridized carbons (Fsp3) is 0.200. The van der Waals surface area contributed by atoms with Gasteiger partial charge in [-0.15, -0.1) is 0 Å². The molecule has 7 nitrogen and oxygen atoms in total. The van der Waals surface area contributed by atoms with Crippen molar-refractivity contribution in [3.63, 3.8) is 0 Å². The molecule has 0 amide bonds. The van der Waals surface area contributed by atoms with E-state index in [2.05, 4.69) is 25.3 Å². The Morgan fingerprint density at radius 2 is 1.67 bits per heavy atom. The number of ether oxygens (including phenoxy) is 1. The minimum absolute atomic E-state index is 0.175. The Balaban J connectivity index is 1.29. The molecule has 0 saturated heterocycles. The van der Waals surface area contributed by atoms with Gasteiger partial charge in [-0.25, -0.2) is 15.0 Å². The average Bonchev–Trinajstić information content (AvgIpc) is 2.81. The zero-order valence-electron chi connectivity index (χ0n) is 18.4. The van der Waals surface area contributed by atoms with Gasteiger partial charge in [0.1, 0.15) is 17.3 Å². The maximum Gasteiger partial charge on any atom is 0.255 e. The maximum atomic E-state index is 12.4. The van der Waals surface area contributed by atoms with Crippen molar-refractivity contribution in [1.29, 1.82) is 0 Å². The number of hydrogen-bond acceptors (Lipinski definition) is 6. The highest BCUT2D eigenvalue weighted by molar-refractivity contribution is 6.31. The maximum absolute atomic E-state index is 12.4. The van der Waals surface area contributed by atoms with Gasteiger partial charge in [-0.05, 0) is 61.2 Å². The van der Waals surface area contributed by atoms with Crippen molar-refractivity contribution in [2.24, 2.45) is 0 Å². The van der Waals surface area contributed by atoms with Gasteiger partial charge in [-0.2, -0.15) is 0 Å². The van der Waals surface area contributed by atoms with E-state index < -0.39 is 0 Å². The summed E-state index contributed by atoms with van der Waals surface area (Å²) in [6.45, 7) is 4.40. The second kappa shape index (κ2) is 10.3. The van der Waals surface area contributed by atoms with Gasteiger partial charge in [0.05, 0.1) is 0 Å². The Morgan fingerprint density at radius 3 is 2.36 bits per heavy atom. The molecule has 33 heavy (non-hydrogen) atoms. The molecular weight excluding hydrogens is 438 g/mol. The van der Waals surface area contributed by atoms with Crippen LogP contribution in [0.25, 0.3) is 0 Å². The molecule has 0 unspecified atom stereocenters. The molecule has 0 fully saturated rings. The number of halogens is 1. The first-order valence-corrected chi connectivity index (χ1v) is 11.0. The van der Waals surface area contributed by atoms with E-state index in [-0.39, 0.29) is 5.56 Å². The van der Waals surface area contributed by atoms with Crippen LogP contribution in [0, 0.1) is 13.8 Å². The zero-order valence-corrected chi connectivity index (χ0v) is 19.2. The lowest BCUT2D eigenvalue weighted by Crippen LogP contribution is -2.18. The van der Waals surface area contributed by atoms with Crippen LogP contribution in [0.5, 0.6) is 11.5 Å². The number of rotatable bonds is 8. The van der Waals surface area contributed by atoms with Crippen molar-refractivity contribution >= 4 is 17.5 Å². The quantitative estimate of drug-likeness (QED) is 0.389. The third kappa shape index (κ3) is 6.17. The van der Waals surface area contributed by atoms with Crippen molar-refractivity contribution in [1.82, 2.24) is 19.9 Å². The number of nitrogens with zero attached hydrogens (tertiary/aromatic N) is 3. The number of benzene rings is 2. The van der Waals surface area contributed by atoms with Crippen molar-refractivity contribution in [3.05, 3.63) is 105 Å². The lowest BCUT2D eigenvalue weighted by molar-refractivity contribution is 0.482. The van der Waals surface area contributed by atoms with Gasteiger partial charge in [0.15, 0.2) is 0 Å². The second-order valence-corrected chi connectivity index (χ2v) is 8.14. The van der Waals surface area contributed by atoms with Gasteiger partial charge >= 0.3 is 0 Å². The number of aromatic nitrogens is 4. The van der Waals surface area contributed by atoms with Crippen LogP contribution in [-0.4, -0.2) is 26.5 Å². The van der Waals surface area contributed by atoms with Crippen LogP contribution in [-0.2, 0) is 12.8 Å². The fourth-order valence-corrected chi connectivity index (χ4v) is 3.36. The highest BCUT2D eigenvalue weighted by Crippen LogP contribution is 2.26. The lowest BCUT2D eigenvalue weighted by Gasteiger charge is -2.09. The van der Waals surface area contributed by atoms with Crippen LogP contribution in [0.15, 0.2) is 65.8 Å². The summed E-state index contributed by atoms with van der Waals surface area (Å²) in [6.07, 6.45) is 6.24. The third-order valence-electron chi connectivity index (χ3n) is 5.11. The summed E-state index contributed by atoms with van der Waals surface area (Å²) in [5.41, 5.74) is 3.41.